The number of ether oxygens (including phenoxy) is 1. The van der Waals surface area contributed by atoms with Gasteiger partial charge >= 0.3 is 5.97 Å². The third kappa shape index (κ3) is 4.21. The fourth-order valence-electron chi connectivity index (χ4n) is 2.97. The number of carbonyl (C=O) groups excluding carboxylic acids is 2. The zero-order valence-corrected chi connectivity index (χ0v) is 15.6. The van der Waals surface area contributed by atoms with Crippen LogP contribution in [0.5, 0.6) is 0 Å². The predicted octanol–water partition coefficient (Wildman–Crippen LogP) is 0.514. The van der Waals surface area contributed by atoms with Crippen LogP contribution in [-0.2, 0) is 26.4 Å². The number of aromatic nitrogens is 1. The quantitative estimate of drug-likeness (QED) is 0.395. The number of hydrogen-bond acceptors (Lipinski definition) is 7. The molecule has 10 nitrogen and oxygen atoms in total. The third-order valence-corrected chi connectivity index (χ3v) is 6.07. The maximum atomic E-state index is 12.6. The average molecular weight is 387 g/mol. The zero-order valence-electron chi connectivity index (χ0n) is 14.7. The molecule has 2 heterocycles. The summed E-state index contributed by atoms with van der Waals surface area (Å²) in [7, 11) is -1.70. The SMILES string of the molecule is CCN(C(=O)[C@@H](C)OC(=O)c1cc([N+](=O)[O-])cn1C)[C@H]1CCS(=O)(=O)C1. The van der Waals surface area contributed by atoms with E-state index in [2.05, 4.69) is 0 Å². The smallest absolute Gasteiger partial charge is 0.355 e. The number of nitrogens with zero attached hydrogens (tertiary/aromatic N) is 3. The highest BCUT2D eigenvalue weighted by molar-refractivity contribution is 7.91. The molecule has 1 fully saturated rings. The second-order valence-corrected chi connectivity index (χ2v) is 8.41. The molecule has 2 atom stereocenters. The van der Waals surface area contributed by atoms with Gasteiger partial charge in [-0.2, -0.15) is 0 Å². The Hall–Kier alpha value is -2.43. The van der Waals surface area contributed by atoms with E-state index in [-0.39, 0.29) is 29.4 Å². The van der Waals surface area contributed by atoms with E-state index in [9.17, 15) is 28.1 Å². The minimum absolute atomic E-state index is 0.0304. The van der Waals surface area contributed by atoms with Gasteiger partial charge in [0.05, 0.1) is 22.6 Å². The predicted molar refractivity (Wildman–Crippen MR) is 91.4 cm³/mol. The van der Waals surface area contributed by atoms with Gasteiger partial charge in [0.25, 0.3) is 11.6 Å². The molecule has 1 aromatic heterocycles. The van der Waals surface area contributed by atoms with Crippen LogP contribution in [0.3, 0.4) is 0 Å². The maximum absolute atomic E-state index is 12.6. The van der Waals surface area contributed by atoms with Crippen LogP contribution in [0.25, 0.3) is 0 Å². The average Bonchev–Trinajstić information content (AvgIpc) is 3.10. The van der Waals surface area contributed by atoms with Gasteiger partial charge in [-0.15, -0.1) is 0 Å². The molecule has 26 heavy (non-hydrogen) atoms. The number of hydrogen-bond donors (Lipinski definition) is 0. The Morgan fingerprint density at radius 2 is 2.15 bits per heavy atom. The molecule has 1 aromatic rings. The van der Waals surface area contributed by atoms with E-state index in [1.54, 1.807) is 6.92 Å². The first kappa shape index (κ1) is 19.9. The first-order valence-electron chi connectivity index (χ1n) is 8.08. The van der Waals surface area contributed by atoms with Gasteiger partial charge in [0.2, 0.25) is 0 Å². The van der Waals surface area contributed by atoms with Crippen LogP contribution in [0.15, 0.2) is 12.3 Å². The van der Waals surface area contributed by atoms with Gasteiger partial charge in [0.15, 0.2) is 15.9 Å². The van der Waals surface area contributed by atoms with Crippen LogP contribution in [0, 0.1) is 10.1 Å². The van der Waals surface area contributed by atoms with E-state index in [1.807, 2.05) is 0 Å². The molecule has 0 aromatic carbocycles. The lowest BCUT2D eigenvalue weighted by atomic mass is 10.2. The van der Waals surface area contributed by atoms with Crippen LogP contribution < -0.4 is 0 Å². The normalized spacial score (nSPS) is 19.7. The fourth-order valence-corrected chi connectivity index (χ4v) is 4.70. The Bertz CT molecular complexity index is 830. The molecule has 1 saturated heterocycles. The van der Waals surface area contributed by atoms with E-state index in [4.69, 9.17) is 4.74 Å². The van der Waals surface area contributed by atoms with E-state index >= 15 is 0 Å². The van der Waals surface area contributed by atoms with Gasteiger partial charge in [-0.25, -0.2) is 13.2 Å². The lowest BCUT2D eigenvalue weighted by Gasteiger charge is -2.29. The fraction of sp³-hybridized carbons (Fsp3) is 0.600. The molecule has 0 saturated carbocycles. The molecule has 144 valence electrons. The van der Waals surface area contributed by atoms with Crippen molar-refractivity contribution in [1.82, 2.24) is 9.47 Å². The van der Waals surface area contributed by atoms with Gasteiger partial charge in [-0.1, -0.05) is 0 Å². The zero-order chi connectivity index (χ0) is 19.6. The van der Waals surface area contributed by atoms with Gasteiger partial charge in [-0.3, -0.25) is 14.9 Å². The number of rotatable bonds is 6. The first-order valence-corrected chi connectivity index (χ1v) is 9.90. The van der Waals surface area contributed by atoms with Crippen LogP contribution in [0.4, 0.5) is 5.69 Å². The topological polar surface area (TPSA) is 129 Å². The Kier molecular flexibility index (Phi) is 5.69. The highest BCUT2D eigenvalue weighted by Crippen LogP contribution is 2.20. The maximum Gasteiger partial charge on any atom is 0.355 e. The Morgan fingerprint density at radius 1 is 1.50 bits per heavy atom. The molecule has 0 N–H and O–H groups in total. The summed E-state index contributed by atoms with van der Waals surface area (Å²) < 4.78 is 29.7. The standard InChI is InChI=1S/C15H21N3O7S/c1-4-17(11-5-6-26(23,24)9-11)14(19)10(2)25-15(20)13-7-12(18(21)22)8-16(13)3/h7-8,10-11H,4-6,9H2,1-3H3/t10-,11+/m1/s1. The Labute approximate surface area is 150 Å². The lowest BCUT2D eigenvalue weighted by molar-refractivity contribution is -0.384. The minimum Gasteiger partial charge on any atom is -0.448 e. The summed E-state index contributed by atoms with van der Waals surface area (Å²) in [5.41, 5.74) is -0.312. The van der Waals surface area contributed by atoms with Crippen molar-refractivity contribution < 1.29 is 27.7 Å². The van der Waals surface area contributed by atoms with Crippen molar-refractivity contribution in [3.63, 3.8) is 0 Å². The van der Waals surface area contributed by atoms with Crippen LogP contribution in [0.2, 0.25) is 0 Å². The summed E-state index contributed by atoms with van der Waals surface area (Å²) >= 11 is 0. The second kappa shape index (κ2) is 7.44. The monoisotopic (exact) mass is 387 g/mol. The van der Waals surface area contributed by atoms with E-state index in [1.165, 1.54) is 29.6 Å². The van der Waals surface area contributed by atoms with Crippen molar-refractivity contribution in [2.24, 2.45) is 7.05 Å². The Balaban J connectivity index is 2.08. The molecule has 1 aliphatic heterocycles. The molecule has 0 radical (unpaired) electrons. The van der Waals surface area contributed by atoms with Gasteiger partial charge in [-0.05, 0) is 20.3 Å². The lowest BCUT2D eigenvalue weighted by Crippen LogP contribution is -2.46. The minimum atomic E-state index is -3.16. The second-order valence-electron chi connectivity index (χ2n) is 6.18. The van der Waals surface area contributed by atoms with Crippen molar-refractivity contribution in [3.8, 4) is 0 Å². The number of aryl methyl sites for hydroxylation is 1. The molecular formula is C15H21N3O7S. The first-order chi connectivity index (χ1) is 12.1. The molecule has 0 spiro atoms. The van der Waals surface area contributed by atoms with Crippen LogP contribution in [-0.4, -0.2) is 64.9 Å². The summed E-state index contributed by atoms with van der Waals surface area (Å²) in [6.07, 6.45) is 0.386. The molecule has 1 amide bonds. The Morgan fingerprint density at radius 3 is 2.62 bits per heavy atom. The van der Waals surface area contributed by atoms with Crippen molar-refractivity contribution in [2.45, 2.75) is 32.4 Å². The molecular weight excluding hydrogens is 366 g/mol. The van der Waals surface area contributed by atoms with Gasteiger partial charge < -0.3 is 14.2 Å². The van der Waals surface area contributed by atoms with Gasteiger partial charge in [0.1, 0.15) is 5.69 Å². The van der Waals surface area contributed by atoms with Crippen molar-refractivity contribution in [2.75, 3.05) is 18.1 Å². The molecule has 0 aliphatic carbocycles. The van der Waals surface area contributed by atoms with Crippen LogP contribution in [0.1, 0.15) is 30.8 Å². The number of likely N-dealkylation sites (N-methyl/N-ethyl adjacent to an activating group) is 1. The highest BCUT2D eigenvalue weighted by Gasteiger charge is 2.36. The molecule has 0 bridgehead atoms. The highest BCUT2D eigenvalue weighted by atomic mass is 32.2. The number of nitro groups is 1. The van der Waals surface area contributed by atoms with E-state index in [0.717, 1.165) is 6.07 Å². The van der Waals surface area contributed by atoms with Crippen molar-refractivity contribution in [3.05, 3.63) is 28.1 Å². The largest absolute Gasteiger partial charge is 0.448 e. The molecule has 1 aliphatic rings. The van der Waals surface area contributed by atoms with Crippen LogP contribution >= 0.6 is 0 Å². The van der Waals surface area contributed by atoms with Crippen molar-refractivity contribution >= 4 is 27.4 Å². The van der Waals surface area contributed by atoms with Gasteiger partial charge in [0, 0.05) is 25.7 Å². The summed E-state index contributed by atoms with van der Waals surface area (Å²) in [6, 6.07) is 0.635. The number of esters is 1. The summed E-state index contributed by atoms with van der Waals surface area (Å²) in [5.74, 6) is -1.43. The molecule has 0 unspecified atom stereocenters. The molecule has 2 rings (SSSR count). The summed E-state index contributed by atoms with van der Waals surface area (Å²) in [4.78, 5) is 36.3. The number of amides is 1. The number of sulfone groups is 1. The van der Waals surface area contributed by atoms with Crippen molar-refractivity contribution in [1.29, 1.82) is 0 Å². The molecule has 11 heteroatoms. The summed E-state index contributed by atoms with van der Waals surface area (Å²) in [6.45, 7) is 3.40. The summed E-state index contributed by atoms with van der Waals surface area (Å²) in [5, 5.41) is 10.8. The van der Waals surface area contributed by atoms with E-state index < -0.39 is 38.8 Å². The number of carbonyl (C=O) groups is 2. The third-order valence-electron chi connectivity index (χ3n) is 4.31. The van der Waals surface area contributed by atoms with E-state index in [0.29, 0.717) is 6.42 Å².